The van der Waals surface area contributed by atoms with Gasteiger partial charge in [-0.3, -0.25) is 0 Å². The summed E-state index contributed by atoms with van der Waals surface area (Å²) in [5.41, 5.74) is -3.60. The van der Waals surface area contributed by atoms with E-state index in [1.165, 1.54) is 0 Å². The number of fused-ring (bicyclic) bond motifs is 7. The van der Waals surface area contributed by atoms with Gasteiger partial charge in [-0.1, -0.05) is 96.7 Å². The van der Waals surface area contributed by atoms with Crippen molar-refractivity contribution in [1.29, 1.82) is 0 Å². The van der Waals surface area contributed by atoms with E-state index in [4.69, 9.17) is 32.1 Å². The van der Waals surface area contributed by atoms with Gasteiger partial charge in [0.05, 0.1) is 37.7 Å². The molecule has 0 aliphatic rings. The van der Waals surface area contributed by atoms with Gasteiger partial charge >= 0.3 is 0 Å². The molecule has 0 unspecified atom stereocenters. The second-order valence-corrected chi connectivity index (χ2v) is 7.79. The van der Waals surface area contributed by atoms with E-state index in [0.29, 0.717) is 0 Å². The lowest BCUT2D eigenvalue weighted by Crippen LogP contribution is -1.90. The highest BCUT2D eigenvalue weighted by atomic mass is 16.3. The van der Waals surface area contributed by atoms with Gasteiger partial charge < -0.3 is 8.83 Å². The van der Waals surface area contributed by atoms with Crippen LogP contribution in [0.3, 0.4) is 0 Å². The first kappa shape index (κ1) is 8.39. The van der Waals surface area contributed by atoms with Crippen molar-refractivity contribution in [3.05, 3.63) is 121 Å². The summed E-state index contributed by atoms with van der Waals surface area (Å²) in [5, 5.41) is -3.24. The van der Waals surface area contributed by atoms with Crippen LogP contribution in [0, 0.1) is 0 Å². The third-order valence-electron chi connectivity index (χ3n) is 5.97. The molecule has 8 aromatic rings. The molecule has 2 nitrogen and oxygen atoms in total. The van der Waals surface area contributed by atoms with Crippen molar-refractivity contribution >= 4 is 54.5 Å². The first-order chi connectivity index (χ1) is 26.2. The Morgan fingerprint density at radius 2 is 1.06 bits per heavy atom. The van der Waals surface area contributed by atoms with Crippen LogP contribution < -0.4 is 0 Å². The molecule has 0 spiro atoms. The van der Waals surface area contributed by atoms with Crippen molar-refractivity contribution in [3.63, 3.8) is 0 Å². The van der Waals surface area contributed by atoms with E-state index < -0.39 is 170 Å². The van der Waals surface area contributed by atoms with Crippen LogP contribution in [0.4, 0.5) is 0 Å². The van der Waals surface area contributed by atoms with Crippen molar-refractivity contribution in [3.8, 4) is 22.3 Å². The average molecular weight is 481 g/mol. The van der Waals surface area contributed by atoms with Crippen molar-refractivity contribution < 1.29 is 36.2 Å². The van der Waals surface area contributed by atoms with Crippen LogP contribution >= 0.6 is 0 Å². The number of rotatable bonds is 2. The molecule has 0 amide bonds. The molecule has 2 aromatic heterocycles. The van der Waals surface area contributed by atoms with Crippen molar-refractivity contribution in [2.75, 3.05) is 0 Å². The molecule has 0 saturated heterocycles. The number of benzene rings is 6. The van der Waals surface area contributed by atoms with Gasteiger partial charge in [-0.05, 0) is 50.8 Å². The van der Waals surface area contributed by atoms with E-state index in [-0.39, 0.29) is 27.3 Å². The van der Waals surface area contributed by atoms with Gasteiger partial charge in [0.25, 0.3) is 0 Å². The summed E-state index contributed by atoms with van der Waals surface area (Å²) in [5.74, 6) is 0. The molecule has 0 aliphatic carbocycles. The normalized spacial score (nSPS) is 19.7. The predicted octanol–water partition coefficient (Wildman–Crippen LogP) is 9.97. The Bertz CT molecular complexity index is 3090. The summed E-state index contributed by atoms with van der Waals surface area (Å²) < 4.78 is 187. The molecule has 2 heterocycles. The third kappa shape index (κ3) is 2.61. The Morgan fingerprint density at radius 1 is 0.444 bits per heavy atom. The molecular formula is C34H20O2. The minimum absolute atomic E-state index is 0.263. The molecule has 2 heteroatoms. The highest BCUT2D eigenvalue weighted by Gasteiger charge is 2.20. The maximum atomic E-state index is 9.24. The number of hydrogen-bond donors (Lipinski definition) is 0. The fourth-order valence-corrected chi connectivity index (χ4v) is 4.51. The molecule has 0 radical (unpaired) electrons. The summed E-state index contributed by atoms with van der Waals surface area (Å²) >= 11 is 0. The van der Waals surface area contributed by atoms with Crippen molar-refractivity contribution in [2.45, 2.75) is 0 Å². The first-order valence-electron chi connectivity index (χ1n) is 20.6. The molecule has 0 atom stereocenters. The van der Waals surface area contributed by atoms with Gasteiger partial charge in [-0.25, -0.2) is 0 Å². The minimum Gasteiger partial charge on any atom is -0.464 e. The summed E-state index contributed by atoms with van der Waals surface area (Å²) in [7, 11) is 0. The smallest absolute Gasteiger partial charge is 0.146 e. The molecule has 8 rings (SSSR count). The second kappa shape index (κ2) is 7.34. The summed E-state index contributed by atoms with van der Waals surface area (Å²) in [6.07, 6.45) is -0.693. The highest BCUT2D eigenvalue weighted by Crippen LogP contribution is 2.46. The Kier molecular flexibility index (Phi) is 1.71. The zero-order valence-corrected chi connectivity index (χ0v) is 17.8. The quantitative estimate of drug-likeness (QED) is 0.230. The summed E-state index contributed by atoms with van der Waals surface area (Å²) in [4.78, 5) is 0. The Balaban J connectivity index is 1.79. The zero-order valence-electron chi connectivity index (χ0n) is 37.8. The first-order valence-corrected chi connectivity index (χ1v) is 10.6. The van der Waals surface area contributed by atoms with Crippen LogP contribution in [0.25, 0.3) is 76.7 Å². The molecule has 0 bridgehead atoms. The van der Waals surface area contributed by atoms with Crippen molar-refractivity contribution in [2.24, 2.45) is 0 Å². The third-order valence-corrected chi connectivity index (χ3v) is 5.97. The van der Waals surface area contributed by atoms with Crippen LogP contribution in [-0.2, 0) is 0 Å². The van der Waals surface area contributed by atoms with Gasteiger partial charge in [-0.2, -0.15) is 0 Å². The van der Waals surface area contributed by atoms with Gasteiger partial charge in [0.1, 0.15) is 18.1 Å². The summed E-state index contributed by atoms with van der Waals surface area (Å²) in [6, 6.07) is -15.3. The highest BCUT2D eigenvalue weighted by molar-refractivity contribution is 6.25. The van der Waals surface area contributed by atoms with E-state index in [0.717, 1.165) is 0 Å². The molecule has 0 saturated carbocycles. The van der Waals surface area contributed by atoms with E-state index in [2.05, 4.69) is 0 Å². The lowest BCUT2D eigenvalue weighted by atomic mass is 9.85. The molecule has 0 N–H and O–H groups in total. The van der Waals surface area contributed by atoms with Gasteiger partial charge in [0, 0.05) is 21.9 Å². The standard InChI is InChI=1S/C34H20O2/c1-2-9-21(10-3-1)31-22-11-4-6-13-24(22)32(25-14-7-5-12-23(25)31)29-16-8-15-26-27-17-18-30-28(19-20-35-30)33(27)36-34(26)29/h1-20H/i1D,2D,3D,4D,5D,6D,7D,8D,9D,10D,11D,12D,13D,14D,15D,16D,17D,18D,19D,20D. The van der Waals surface area contributed by atoms with Crippen molar-refractivity contribution in [1.82, 2.24) is 0 Å². The molecule has 6 aromatic carbocycles. The van der Waals surface area contributed by atoms with E-state index in [9.17, 15) is 4.11 Å². The largest absolute Gasteiger partial charge is 0.464 e. The van der Waals surface area contributed by atoms with Crippen LogP contribution in [0.5, 0.6) is 0 Å². The zero-order chi connectivity index (χ0) is 41.0. The molecule has 36 heavy (non-hydrogen) atoms. The average Bonchev–Trinajstić information content (AvgIpc) is 3.70. The predicted molar refractivity (Wildman–Crippen MR) is 149 cm³/mol. The Labute approximate surface area is 235 Å². The fourth-order valence-electron chi connectivity index (χ4n) is 4.51. The topological polar surface area (TPSA) is 26.3 Å². The summed E-state index contributed by atoms with van der Waals surface area (Å²) in [6.45, 7) is 0. The maximum absolute atomic E-state index is 9.24. The molecular weight excluding hydrogens is 440 g/mol. The van der Waals surface area contributed by atoms with Crippen LogP contribution in [0.15, 0.2) is 130 Å². The number of hydrogen-bond acceptors (Lipinski definition) is 2. The maximum Gasteiger partial charge on any atom is 0.146 e. The van der Waals surface area contributed by atoms with Gasteiger partial charge in [0.15, 0.2) is 0 Å². The molecule has 168 valence electrons. The van der Waals surface area contributed by atoms with E-state index in [1.807, 2.05) is 0 Å². The monoisotopic (exact) mass is 480 g/mol. The van der Waals surface area contributed by atoms with Gasteiger partial charge in [-0.15, -0.1) is 0 Å². The Morgan fingerprint density at radius 3 is 1.78 bits per heavy atom. The molecule has 0 fully saturated rings. The fraction of sp³-hybridized carbons (Fsp3) is 0. The number of para-hydroxylation sites is 1. The lowest BCUT2D eigenvalue weighted by molar-refractivity contribution is 0.615. The minimum atomic E-state index is -0.874. The van der Waals surface area contributed by atoms with Gasteiger partial charge in [0.2, 0.25) is 0 Å². The van der Waals surface area contributed by atoms with Crippen LogP contribution in [0.1, 0.15) is 27.4 Å². The van der Waals surface area contributed by atoms with Crippen LogP contribution in [0.2, 0.25) is 0 Å². The second-order valence-electron chi connectivity index (χ2n) is 7.79. The van der Waals surface area contributed by atoms with Crippen LogP contribution in [-0.4, -0.2) is 0 Å². The van der Waals surface area contributed by atoms with E-state index in [1.54, 1.807) is 0 Å². The molecule has 0 aliphatic heterocycles. The number of furan rings is 2. The Hall–Kier alpha value is -4.82. The van der Waals surface area contributed by atoms with E-state index >= 15 is 0 Å². The lowest BCUT2D eigenvalue weighted by Gasteiger charge is -2.17. The SMILES string of the molecule is [2H]c1oc2c([2H])c([2H])c3c(oc4c(-c5c6c([2H])c([2H])c([2H])c([2H])c6c(-c6c([2H])c([2H])c([2H])c([2H])c6[2H])c6c([2H])c([2H])c([2H])c([2H])c56)c([2H])c([2H])c([2H])c43)c2c1[2H].